The molecule has 0 heterocycles. The molecule has 0 saturated carbocycles. The van der Waals surface area contributed by atoms with E-state index < -0.39 is 0 Å². The summed E-state index contributed by atoms with van der Waals surface area (Å²) in [7, 11) is 0. The summed E-state index contributed by atoms with van der Waals surface area (Å²) in [6.45, 7) is 0. The van der Waals surface area contributed by atoms with E-state index in [1.54, 1.807) is 30.3 Å². The van der Waals surface area contributed by atoms with Crippen molar-refractivity contribution in [2.75, 3.05) is 0 Å². The maximum absolute atomic E-state index is 11.9. The lowest BCUT2D eigenvalue weighted by atomic mass is 10.1. The fourth-order valence-corrected chi connectivity index (χ4v) is 1.71. The van der Waals surface area contributed by atoms with Crippen molar-refractivity contribution in [3.63, 3.8) is 0 Å². The van der Waals surface area contributed by atoms with Crippen LogP contribution in [0.5, 0.6) is 0 Å². The Bertz CT molecular complexity index is 709. The lowest BCUT2D eigenvalue weighted by Crippen LogP contribution is -1.92. The highest BCUT2D eigenvalue weighted by Gasteiger charge is 2.00. The minimum atomic E-state index is -0.0970. The maximum atomic E-state index is 11.9. The Hall–Kier alpha value is -3.10. The van der Waals surface area contributed by atoms with Crippen molar-refractivity contribution in [3.8, 4) is 0 Å². The number of allylic oxidation sites excluding steroid dienone is 3. The highest BCUT2D eigenvalue weighted by atomic mass is 16.1. The molecule has 0 spiro atoms. The lowest BCUT2D eigenvalue weighted by Gasteiger charge is -1.95. The molecule has 2 rings (SSSR count). The molecule has 0 fully saturated rings. The van der Waals surface area contributed by atoms with E-state index in [0.29, 0.717) is 11.3 Å². The lowest BCUT2D eigenvalue weighted by molar-refractivity contribution is 0.104. The van der Waals surface area contributed by atoms with Crippen LogP contribution in [-0.2, 0) is 0 Å². The molecular formula is C17H13N3O. The van der Waals surface area contributed by atoms with E-state index in [4.69, 9.17) is 5.53 Å². The van der Waals surface area contributed by atoms with Crippen molar-refractivity contribution in [1.82, 2.24) is 0 Å². The van der Waals surface area contributed by atoms with Crippen LogP contribution in [0.4, 0.5) is 5.69 Å². The summed E-state index contributed by atoms with van der Waals surface area (Å²) in [5.74, 6) is -0.0970. The number of carbonyl (C=O) groups excluding carboxylic acids is 1. The second-order valence-electron chi connectivity index (χ2n) is 4.23. The molecule has 21 heavy (non-hydrogen) atoms. The maximum Gasteiger partial charge on any atom is 0.185 e. The van der Waals surface area contributed by atoms with Crippen LogP contribution in [0.2, 0.25) is 0 Å². The van der Waals surface area contributed by atoms with Crippen LogP contribution in [0.15, 0.2) is 77.9 Å². The first kappa shape index (κ1) is 14.3. The molecule has 2 aromatic carbocycles. The highest BCUT2D eigenvalue weighted by molar-refractivity contribution is 6.04. The van der Waals surface area contributed by atoms with Crippen LogP contribution in [0.3, 0.4) is 0 Å². The number of carbonyl (C=O) groups is 1. The van der Waals surface area contributed by atoms with E-state index in [1.807, 2.05) is 42.5 Å². The van der Waals surface area contributed by atoms with Gasteiger partial charge in [0, 0.05) is 16.2 Å². The average molecular weight is 275 g/mol. The van der Waals surface area contributed by atoms with Crippen molar-refractivity contribution in [2.45, 2.75) is 0 Å². The minimum Gasteiger partial charge on any atom is -0.289 e. The van der Waals surface area contributed by atoms with Crippen LogP contribution < -0.4 is 0 Å². The molecule has 0 radical (unpaired) electrons. The number of azide groups is 1. The van der Waals surface area contributed by atoms with Gasteiger partial charge >= 0.3 is 0 Å². The molecule has 4 nitrogen and oxygen atoms in total. The number of rotatable bonds is 5. The van der Waals surface area contributed by atoms with Crippen LogP contribution in [0.25, 0.3) is 16.5 Å². The third-order valence-corrected chi connectivity index (χ3v) is 2.76. The molecule has 2 aromatic rings. The van der Waals surface area contributed by atoms with Crippen molar-refractivity contribution in [2.24, 2.45) is 5.11 Å². The van der Waals surface area contributed by atoms with Gasteiger partial charge in [0.1, 0.15) is 0 Å². The van der Waals surface area contributed by atoms with Gasteiger partial charge < -0.3 is 0 Å². The number of hydrogen-bond acceptors (Lipinski definition) is 2. The number of benzene rings is 2. The summed E-state index contributed by atoms with van der Waals surface area (Å²) in [5.41, 5.74) is 10.4. The molecule has 0 bridgehead atoms. The van der Waals surface area contributed by atoms with Crippen molar-refractivity contribution in [1.29, 1.82) is 0 Å². The molecule has 0 N–H and O–H groups in total. The predicted molar refractivity (Wildman–Crippen MR) is 84.2 cm³/mol. The second-order valence-corrected chi connectivity index (χ2v) is 4.23. The standard InChI is InChI=1S/C17H13N3O/c18-20-19-16-12-10-15(11-13-16)17(21)9-5-4-8-14-6-2-1-3-7-14/h1-13H. The molecule has 0 aromatic heterocycles. The van der Waals surface area contributed by atoms with Crippen molar-refractivity contribution >= 4 is 17.5 Å². The molecule has 0 unspecified atom stereocenters. The predicted octanol–water partition coefficient (Wildman–Crippen LogP) is 5.08. The molecule has 0 amide bonds. The van der Waals surface area contributed by atoms with Crippen molar-refractivity contribution in [3.05, 3.63) is 94.4 Å². The van der Waals surface area contributed by atoms with Gasteiger partial charge in [-0.05, 0) is 17.2 Å². The Kier molecular flexibility index (Phi) is 5.10. The van der Waals surface area contributed by atoms with E-state index in [2.05, 4.69) is 10.0 Å². The van der Waals surface area contributed by atoms with E-state index >= 15 is 0 Å². The van der Waals surface area contributed by atoms with Gasteiger partial charge in [-0.2, -0.15) is 0 Å². The number of ketones is 1. The molecule has 102 valence electrons. The van der Waals surface area contributed by atoms with Crippen molar-refractivity contribution < 1.29 is 4.79 Å². The van der Waals surface area contributed by atoms with Gasteiger partial charge in [0.05, 0.1) is 0 Å². The van der Waals surface area contributed by atoms with Crippen LogP contribution in [0, 0.1) is 0 Å². The topological polar surface area (TPSA) is 65.8 Å². The van der Waals surface area contributed by atoms with Crippen LogP contribution in [-0.4, -0.2) is 5.78 Å². The Labute approximate surface area is 122 Å². The number of hydrogen-bond donors (Lipinski definition) is 0. The second kappa shape index (κ2) is 7.48. The molecule has 0 aliphatic heterocycles. The van der Waals surface area contributed by atoms with Gasteiger partial charge in [0.25, 0.3) is 0 Å². The summed E-state index contributed by atoms with van der Waals surface area (Å²) < 4.78 is 0. The fraction of sp³-hybridized carbons (Fsp3) is 0. The van der Waals surface area contributed by atoms with Gasteiger partial charge in [-0.15, -0.1) is 0 Å². The molecule has 4 heteroatoms. The third kappa shape index (κ3) is 4.49. The number of nitrogens with zero attached hydrogens (tertiary/aromatic N) is 3. The Balaban J connectivity index is 1.99. The van der Waals surface area contributed by atoms with E-state index in [1.165, 1.54) is 6.08 Å². The zero-order chi connectivity index (χ0) is 14.9. The molecule has 0 atom stereocenters. The highest BCUT2D eigenvalue weighted by Crippen LogP contribution is 2.13. The first-order chi connectivity index (χ1) is 10.3. The Morgan fingerprint density at radius 3 is 2.38 bits per heavy atom. The smallest absolute Gasteiger partial charge is 0.185 e. The Morgan fingerprint density at radius 2 is 1.71 bits per heavy atom. The average Bonchev–Trinajstić information content (AvgIpc) is 2.53. The summed E-state index contributed by atoms with van der Waals surface area (Å²) in [4.78, 5) is 14.6. The monoisotopic (exact) mass is 275 g/mol. The SMILES string of the molecule is [N-]=[N+]=Nc1ccc(C(=O)C=CC=Cc2ccccc2)cc1. The summed E-state index contributed by atoms with van der Waals surface area (Å²) >= 11 is 0. The normalized spacial score (nSPS) is 10.7. The van der Waals surface area contributed by atoms with E-state index in [0.717, 1.165) is 5.56 Å². The van der Waals surface area contributed by atoms with Gasteiger partial charge in [-0.1, -0.05) is 77.9 Å². The van der Waals surface area contributed by atoms with Gasteiger partial charge in [0.2, 0.25) is 0 Å². The molecule has 0 saturated heterocycles. The largest absolute Gasteiger partial charge is 0.289 e. The summed E-state index contributed by atoms with van der Waals surface area (Å²) in [5, 5.41) is 3.46. The van der Waals surface area contributed by atoms with Gasteiger partial charge in [-0.3, -0.25) is 4.79 Å². The van der Waals surface area contributed by atoms with Gasteiger partial charge in [0.15, 0.2) is 5.78 Å². The van der Waals surface area contributed by atoms with E-state index in [9.17, 15) is 4.79 Å². The summed E-state index contributed by atoms with van der Waals surface area (Å²) in [6, 6.07) is 16.3. The Morgan fingerprint density at radius 1 is 1.00 bits per heavy atom. The van der Waals surface area contributed by atoms with E-state index in [-0.39, 0.29) is 5.78 Å². The zero-order valence-electron chi connectivity index (χ0n) is 11.3. The third-order valence-electron chi connectivity index (χ3n) is 2.76. The van der Waals surface area contributed by atoms with Crippen LogP contribution in [0.1, 0.15) is 15.9 Å². The summed E-state index contributed by atoms with van der Waals surface area (Å²) in [6.07, 6.45) is 6.95. The first-order valence-corrected chi connectivity index (χ1v) is 6.39. The molecule has 0 aliphatic rings. The molecular weight excluding hydrogens is 262 g/mol. The molecule has 0 aliphatic carbocycles. The quantitative estimate of drug-likeness (QED) is 0.187. The first-order valence-electron chi connectivity index (χ1n) is 6.39. The minimum absolute atomic E-state index is 0.0970. The van der Waals surface area contributed by atoms with Gasteiger partial charge in [-0.25, -0.2) is 0 Å². The van der Waals surface area contributed by atoms with Crippen LogP contribution >= 0.6 is 0 Å². The fourth-order valence-electron chi connectivity index (χ4n) is 1.71. The zero-order valence-corrected chi connectivity index (χ0v) is 11.3.